The molecule has 1 heterocycles. The highest BCUT2D eigenvalue weighted by Gasteiger charge is 2.12. The van der Waals surface area contributed by atoms with E-state index in [0.717, 1.165) is 6.04 Å². The van der Waals surface area contributed by atoms with Gasteiger partial charge in [-0.3, -0.25) is 0 Å². The fourth-order valence-corrected chi connectivity index (χ4v) is 1.75. The predicted molar refractivity (Wildman–Crippen MR) is 53.4 cm³/mol. The maximum atomic E-state index is 3.44. The van der Waals surface area contributed by atoms with Gasteiger partial charge in [0, 0.05) is 6.04 Å². The zero-order valence-electron chi connectivity index (χ0n) is 8.47. The summed E-state index contributed by atoms with van der Waals surface area (Å²) in [5.41, 5.74) is 0. The summed E-state index contributed by atoms with van der Waals surface area (Å²) in [6.45, 7) is 9.58. The van der Waals surface area contributed by atoms with Crippen LogP contribution in [0, 0.1) is 0 Å². The van der Waals surface area contributed by atoms with Crippen molar-refractivity contribution in [2.24, 2.45) is 0 Å². The number of nitrogens with one attached hydrogen (secondary N) is 1. The van der Waals surface area contributed by atoms with Crippen molar-refractivity contribution in [2.45, 2.75) is 39.2 Å². The molecule has 2 nitrogen and oxygen atoms in total. The van der Waals surface area contributed by atoms with Crippen LogP contribution in [0.15, 0.2) is 0 Å². The van der Waals surface area contributed by atoms with Gasteiger partial charge in [-0.05, 0) is 52.4 Å². The van der Waals surface area contributed by atoms with E-state index in [0.29, 0.717) is 0 Å². The molecular formula is C10H22N2. The van der Waals surface area contributed by atoms with E-state index < -0.39 is 0 Å². The Morgan fingerprint density at radius 3 is 2.33 bits per heavy atom. The molecule has 1 aliphatic rings. The average molecular weight is 170 g/mol. The third-order valence-electron chi connectivity index (χ3n) is 2.81. The van der Waals surface area contributed by atoms with Gasteiger partial charge in [-0.15, -0.1) is 0 Å². The van der Waals surface area contributed by atoms with Gasteiger partial charge >= 0.3 is 0 Å². The maximum absolute atomic E-state index is 3.44. The maximum Gasteiger partial charge on any atom is 0.00643 e. The lowest BCUT2D eigenvalue weighted by Gasteiger charge is -2.30. The summed E-state index contributed by atoms with van der Waals surface area (Å²) in [6.07, 6.45) is 3.90. The minimum absolute atomic E-state index is 0.781. The van der Waals surface area contributed by atoms with Gasteiger partial charge in [0.25, 0.3) is 0 Å². The van der Waals surface area contributed by atoms with E-state index in [2.05, 4.69) is 24.1 Å². The average Bonchev–Trinajstić information content (AvgIpc) is 2.02. The van der Waals surface area contributed by atoms with E-state index in [1.807, 2.05) is 0 Å². The van der Waals surface area contributed by atoms with Gasteiger partial charge in [0.2, 0.25) is 0 Å². The fourth-order valence-electron chi connectivity index (χ4n) is 1.75. The number of rotatable bonds is 2. The van der Waals surface area contributed by atoms with E-state index in [1.54, 1.807) is 0 Å². The van der Waals surface area contributed by atoms with Gasteiger partial charge in [0.05, 0.1) is 0 Å². The minimum Gasteiger partial charge on any atom is -0.317 e. The van der Waals surface area contributed by atoms with Crippen molar-refractivity contribution in [2.75, 3.05) is 26.2 Å². The predicted octanol–water partition coefficient (Wildman–Crippen LogP) is 1.47. The highest BCUT2D eigenvalue weighted by Crippen LogP contribution is 2.06. The Bertz CT molecular complexity index is 106. The molecule has 1 atom stereocenters. The van der Waals surface area contributed by atoms with Gasteiger partial charge in [-0.1, -0.05) is 6.92 Å². The van der Waals surface area contributed by atoms with Crippen molar-refractivity contribution in [1.82, 2.24) is 10.2 Å². The molecule has 1 unspecified atom stereocenters. The molecule has 1 N–H and O–H groups in total. The summed E-state index contributed by atoms with van der Waals surface area (Å²) in [5, 5.41) is 3.44. The second-order valence-electron chi connectivity index (χ2n) is 3.75. The first-order valence-corrected chi connectivity index (χ1v) is 5.29. The van der Waals surface area contributed by atoms with Crippen LogP contribution in [0.5, 0.6) is 0 Å². The van der Waals surface area contributed by atoms with Crippen LogP contribution >= 0.6 is 0 Å². The molecule has 0 amide bonds. The normalized spacial score (nSPS) is 24.5. The van der Waals surface area contributed by atoms with E-state index in [-0.39, 0.29) is 0 Å². The third kappa shape index (κ3) is 3.11. The molecule has 1 aliphatic heterocycles. The lowest BCUT2D eigenvalue weighted by molar-refractivity contribution is 0.190. The van der Waals surface area contributed by atoms with Crippen molar-refractivity contribution in [3.63, 3.8) is 0 Å². The highest BCUT2D eigenvalue weighted by molar-refractivity contribution is 4.69. The van der Waals surface area contributed by atoms with E-state index in [4.69, 9.17) is 0 Å². The van der Waals surface area contributed by atoms with Gasteiger partial charge in [0.1, 0.15) is 0 Å². The molecule has 2 heteroatoms. The summed E-state index contributed by atoms with van der Waals surface area (Å²) >= 11 is 0. The van der Waals surface area contributed by atoms with Gasteiger partial charge in [-0.2, -0.15) is 0 Å². The Morgan fingerprint density at radius 2 is 1.83 bits per heavy atom. The third-order valence-corrected chi connectivity index (χ3v) is 2.81. The molecule has 0 spiro atoms. The highest BCUT2D eigenvalue weighted by atomic mass is 15.2. The molecule has 0 bridgehead atoms. The smallest absolute Gasteiger partial charge is 0.00643 e. The zero-order chi connectivity index (χ0) is 8.81. The first kappa shape index (κ1) is 10.0. The summed E-state index contributed by atoms with van der Waals surface area (Å²) in [5.74, 6) is 0. The van der Waals surface area contributed by atoms with E-state index in [9.17, 15) is 0 Å². The Balaban J connectivity index is 2.29. The largest absolute Gasteiger partial charge is 0.317 e. The molecule has 1 fully saturated rings. The molecule has 0 radical (unpaired) electrons. The molecule has 0 aromatic carbocycles. The summed E-state index contributed by atoms with van der Waals surface area (Å²) in [7, 11) is 0. The molecular weight excluding hydrogens is 148 g/mol. The number of nitrogens with zero attached hydrogens (tertiary/aromatic N) is 1. The summed E-state index contributed by atoms with van der Waals surface area (Å²) in [6, 6.07) is 0.781. The van der Waals surface area contributed by atoms with Gasteiger partial charge < -0.3 is 10.2 Å². The van der Waals surface area contributed by atoms with Crippen LogP contribution < -0.4 is 5.32 Å². The zero-order valence-corrected chi connectivity index (χ0v) is 8.47. The molecule has 1 rings (SSSR count). The Kier molecular flexibility index (Phi) is 4.62. The first-order chi connectivity index (χ1) is 5.84. The lowest BCUT2D eigenvalue weighted by Crippen LogP contribution is -2.39. The van der Waals surface area contributed by atoms with E-state index >= 15 is 0 Å². The monoisotopic (exact) mass is 170 g/mol. The van der Waals surface area contributed by atoms with E-state index in [1.165, 1.54) is 45.4 Å². The van der Waals surface area contributed by atoms with Crippen molar-refractivity contribution >= 4 is 0 Å². The molecule has 0 saturated carbocycles. The molecule has 0 aromatic rings. The number of hydrogen-bond acceptors (Lipinski definition) is 2. The van der Waals surface area contributed by atoms with Crippen molar-refractivity contribution < 1.29 is 0 Å². The lowest BCUT2D eigenvalue weighted by atomic mass is 10.2. The van der Waals surface area contributed by atoms with Crippen molar-refractivity contribution in [3.05, 3.63) is 0 Å². The molecule has 0 aliphatic carbocycles. The Hall–Kier alpha value is -0.0800. The summed E-state index contributed by atoms with van der Waals surface area (Å²) in [4.78, 5) is 2.63. The SMILES string of the molecule is CCC(C)N1CCCNCCC1. The Morgan fingerprint density at radius 1 is 1.25 bits per heavy atom. The second kappa shape index (κ2) is 5.55. The Labute approximate surface area is 76.3 Å². The van der Waals surface area contributed by atoms with Crippen molar-refractivity contribution in [3.8, 4) is 0 Å². The van der Waals surface area contributed by atoms with Gasteiger partial charge in [0.15, 0.2) is 0 Å². The summed E-state index contributed by atoms with van der Waals surface area (Å²) < 4.78 is 0. The molecule has 72 valence electrons. The van der Waals surface area contributed by atoms with Crippen molar-refractivity contribution in [1.29, 1.82) is 0 Å². The van der Waals surface area contributed by atoms with Crippen LogP contribution in [0.3, 0.4) is 0 Å². The van der Waals surface area contributed by atoms with Crippen LogP contribution in [0.1, 0.15) is 33.1 Å². The molecule has 1 saturated heterocycles. The van der Waals surface area contributed by atoms with Gasteiger partial charge in [-0.25, -0.2) is 0 Å². The fraction of sp³-hybridized carbons (Fsp3) is 1.00. The first-order valence-electron chi connectivity index (χ1n) is 5.29. The van der Waals surface area contributed by atoms with Crippen LogP contribution in [0.4, 0.5) is 0 Å². The minimum atomic E-state index is 0.781. The molecule has 12 heavy (non-hydrogen) atoms. The quantitative estimate of drug-likeness (QED) is 0.675. The van der Waals surface area contributed by atoms with Crippen LogP contribution in [0.25, 0.3) is 0 Å². The van der Waals surface area contributed by atoms with Crippen LogP contribution in [-0.2, 0) is 0 Å². The standard InChI is InChI=1S/C10H22N2/c1-3-10(2)12-8-4-6-11-7-5-9-12/h10-11H,3-9H2,1-2H3. The van der Waals surface area contributed by atoms with Crippen LogP contribution in [-0.4, -0.2) is 37.1 Å². The topological polar surface area (TPSA) is 15.3 Å². The second-order valence-corrected chi connectivity index (χ2v) is 3.75. The molecule has 0 aromatic heterocycles. The van der Waals surface area contributed by atoms with Crippen LogP contribution in [0.2, 0.25) is 0 Å². The number of hydrogen-bond donors (Lipinski definition) is 1.